The Morgan fingerprint density at radius 2 is 1.78 bits per heavy atom. The van der Waals surface area contributed by atoms with E-state index < -0.39 is 0 Å². The van der Waals surface area contributed by atoms with Crippen LogP contribution in [0, 0.1) is 11.8 Å². The van der Waals surface area contributed by atoms with Gasteiger partial charge in [0.15, 0.2) is 0 Å². The van der Waals surface area contributed by atoms with Crippen LogP contribution in [0.25, 0.3) is 0 Å². The Hall–Kier alpha value is -2.14. The minimum Gasteiger partial charge on any atom is -0.333 e. The van der Waals surface area contributed by atoms with Crippen LogP contribution in [0.5, 0.6) is 0 Å². The topological polar surface area (TPSA) is 40.6 Å². The standard InChI is InChI=1S/C22H28N2O2S/c1-17(2)13-24(22(26)19-10-11-19)16-21(25)23(15-20-9-6-12-27-20)14-18-7-4-3-5-8-18/h3-9,12,17,19H,10-11,13-16H2,1-2H3. The minimum absolute atomic E-state index is 0.0157. The van der Waals surface area contributed by atoms with Gasteiger partial charge in [0.25, 0.3) is 0 Å². The number of carbonyl (C=O) groups excluding carboxylic acids is 2. The first-order chi connectivity index (χ1) is 13.0. The number of benzene rings is 1. The molecule has 144 valence electrons. The maximum atomic E-state index is 13.1. The second-order valence-electron chi connectivity index (χ2n) is 7.70. The summed E-state index contributed by atoms with van der Waals surface area (Å²) in [5.41, 5.74) is 1.10. The van der Waals surface area contributed by atoms with Crippen LogP contribution in [0.3, 0.4) is 0 Å². The van der Waals surface area contributed by atoms with Crippen molar-refractivity contribution in [1.82, 2.24) is 9.80 Å². The first-order valence-corrected chi connectivity index (χ1v) is 10.5. The van der Waals surface area contributed by atoms with Crippen molar-refractivity contribution in [2.75, 3.05) is 13.1 Å². The molecule has 1 aromatic heterocycles. The summed E-state index contributed by atoms with van der Waals surface area (Å²) in [4.78, 5) is 30.6. The average molecular weight is 385 g/mol. The molecule has 2 amide bonds. The summed E-state index contributed by atoms with van der Waals surface area (Å²) < 4.78 is 0. The van der Waals surface area contributed by atoms with Gasteiger partial charge in [-0.25, -0.2) is 0 Å². The van der Waals surface area contributed by atoms with Gasteiger partial charge in [-0.3, -0.25) is 9.59 Å². The van der Waals surface area contributed by atoms with E-state index in [0.717, 1.165) is 23.3 Å². The molecule has 0 bridgehead atoms. The van der Waals surface area contributed by atoms with Crippen LogP contribution in [0.15, 0.2) is 47.8 Å². The van der Waals surface area contributed by atoms with E-state index in [0.29, 0.717) is 25.6 Å². The van der Waals surface area contributed by atoms with Crippen molar-refractivity contribution >= 4 is 23.2 Å². The van der Waals surface area contributed by atoms with Gasteiger partial charge in [-0.05, 0) is 35.8 Å². The summed E-state index contributed by atoms with van der Waals surface area (Å²) in [6.07, 6.45) is 1.93. The van der Waals surface area contributed by atoms with E-state index in [1.54, 1.807) is 16.2 Å². The van der Waals surface area contributed by atoms with Crippen molar-refractivity contribution in [2.24, 2.45) is 11.8 Å². The van der Waals surface area contributed by atoms with E-state index in [1.165, 1.54) is 0 Å². The molecule has 1 aliphatic carbocycles. The Morgan fingerprint density at radius 1 is 1.04 bits per heavy atom. The molecule has 1 fully saturated rings. The maximum Gasteiger partial charge on any atom is 0.242 e. The lowest BCUT2D eigenvalue weighted by atomic mass is 10.2. The van der Waals surface area contributed by atoms with Crippen LogP contribution >= 0.6 is 11.3 Å². The van der Waals surface area contributed by atoms with Crippen molar-refractivity contribution in [1.29, 1.82) is 0 Å². The molecule has 0 spiro atoms. The van der Waals surface area contributed by atoms with Crippen LogP contribution < -0.4 is 0 Å². The van der Waals surface area contributed by atoms with E-state index in [9.17, 15) is 9.59 Å². The van der Waals surface area contributed by atoms with Crippen LogP contribution in [-0.2, 0) is 22.7 Å². The Bertz CT molecular complexity index is 739. The van der Waals surface area contributed by atoms with Gasteiger partial charge in [-0.1, -0.05) is 50.2 Å². The molecule has 4 nitrogen and oxygen atoms in total. The molecule has 2 aromatic rings. The predicted molar refractivity (Wildman–Crippen MR) is 109 cm³/mol. The Labute approximate surface area is 165 Å². The predicted octanol–water partition coefficient (Wildman–Crippen LogP) is 4.17. The second kappa shape index (κ2) is 9.18. The second-order valence-corrected chi connectivity index (χ2v) is 8.73. The Kier molecular flexibility index (Phi) is 6.67. The summed E-state index contributed by atoms with van der Waals surface area (Å²) in [5.74, 6) is 0.645. The monoisotopic (exact) mass is 384 g/mol. The first kappa shape index (κ1) is 19.6. The Balaban J connectivity index is 1.72. The zero-order chi connectivity index (χ0) is 19.2. The van der Waals surface area contributed by atoms with Gasteiger partial charge in [0, 0.05) is 23.9 Å². The molecule has 0 aliphatic heterocycles. The van der Waals surface area contributed by atoms with Crippen molar-refractivity contribution in [2.45, 2.75) is 39.8 Å². The molecule has 0 unspecified atom stereocenters. The van der Waals surface area contributed by atoms with Crippen LogP contribution in [-0.4, -0.2) is 34.7 Å². The first-order valence-electron chi connectivity index (χ1n) is 9.66. The normalized spacial score (nSPS) is 13.6. The number of nitrogens with zero attached hydrogens (tertiary/aromatic N) is 2. The summed E-state index contributed by atoms with van der Waals surface area (Å²) >= 11 is 1.66. The molecule has 1 saturated carbocycles. The lowest BCUT2D eigenvalue weighted by molar-refractivity contribution is -0.142. The SMILES string of the molecule is CC(C)CN(CC(=O)N(Cc1ccccc1)Cc1cccs1)C(=O)C1CC1. The maximum absolute atomic E-state index is 13.1. The molecule has 5 heteroatoms. The highest BCUT2D eigenvalue weighted by molar-refractivity contribution is 7.09. The van der Waals surface area contributed by atoms with Gasteiger partial charge < -0.3 is 9.80 Å². The highest BCUT2D eigenvalue weighted by atomic mass is 32.1. The molecular weight excluding hydrogens is 356 g/mol. The molecule has 1 aromatic carbocycles. The molecule has 0 atom stereocenters. The summed E-state index contributed by atoms with van der Waals surface area (Å²) in [5, 5.41) is 2.03. The molecular formula is C22H28N2O2S. The zero-order valence-corrected chi connectivity index (χ0v) is 17.0. The van der Waals surface area contributed by atoms with Crippen molar-refractivity contribution in [3.63, 3.8) is 0 Å². The van der Waals surface area contributed by atoms with Crippen LogP contribution in [0.2, 0.25) is 0 Å². The van der Waals surface area contributed by atoms with E-state index in [2.05, 4.69) is 19.9 Å². The third-order valence-corrected chi connectivity index (χ3v) is 5.51. The van der Waals surface area contributed by atoms with Gasteiger partial charge in [0.05, 0.1) is 13.1 Å². The number of carbonyl (C=O) groups is 2. The molecule has 0 radical (unpaired) electrons. The number of hydrogen-bond donors (Lipinski definition) is 0. The highest BCUT2D eigenvalue weighted by Gasteiger charge is 2.34. The number of amides is 2. The van der Waals surface area contributed by atoms with Gasteiger partial charge >= 0.3 is 0 Å². The minimum atomic E-state index is 0.0157. The van der Waals surface area contributed by atoms with Crippen LogP contribution in [0.4, 0.5) is 0 Å². The van der Waals surface area contributed by atoms with Crippen molar-refractivity contribution in [3.8, 4) is 0 Å². The van der Waals surface area contributed by atoms with Crippen LogP contribution in [0.1, 0.15) is 37.1 Å². The summed E-state index contributed by atoms with van der Waals surface area (Å²) in [6.45, 7) is 6.13. The summed E-state index contributed by atoms with van der Waals surface area (Å²) in [6, 6.07) is 14.1. The fraction of sp³-hybridized carbons (Fsp3) is 0.455. The zero-order valence-electron chi connectivity index (χ0n) is 16.1. The van der Waals surface area contributed by atoms with Gasteiger partial charge in [0.1, 0.15) is 0 Å². The molecule has 1 heterocycles. The number of thiophene rings is 1. The highest BCUT2D eigenvalue weighted by Crippen LogP contribution is 2.31. The largest absolute Gasteiger partial charge is 0.333 e. The number of rotatable bonds is 9. The smallest absolute Gasteiger partial charge is 0.242 e. The van der Waals surface area contributed by atoms with Crippen molar-refractivity contribution < 1.29 is 9.59 Å². The van der Waals surface area contributed by atoms with Crippen molar-refractivity contribution in [3.05, 3.63) is 58.3 Å². The summed E-state index contributed by atoms with van der Waals surface area (Å²) in [7, 11) is 0. The van der Waals surface area contributed by atoms with Gasteiger partial charge in [0.2, 0.25) is 11.8 Å². The van der Waals surface area contributed by atoms with E-state index in [4.69, 9.17) is 0 Å². The Morgan fingerprint density at radius 3 is 2.37 bits per heavy atom. The quantitative estimate of drug-likeness (QED) is 0.651. The van der Waals surface area contributed by atoms with Gasteiger partial charge in [-0.15, -0.1) is 11.3 Å². The number of hydrogen-bond acceptors (Lipinski definition) is 3. The molecule has 0 N–H and O–H groups in total. The lowest BCUT2D eigenvalue weighted by Gasteiger charge is -2.29. The molecule has 3 rings (SSSR count). The lowest BCUT2D eigenvalue weighted by Crippen LogP contribution is -2.44. The fourth-order valence-electron chi connectivity index (χ4n) is 3.15. The third kappa shape index (κ3) is 5.93. The van der Waals surface area contributed by atoms with E-state index in [-0.39, 0.29) is 24.3 Å². The average Bonchev–Trinajstić information content (AvgIpc) is 3.37. The third-order valence-electron chi connectivity index (χ3n) is 4.65. The molecule has 1 aliphatic rings. The van der Waals surface area contributed by atoms with E-state index >= 15 is 0 Å². The van der Waals surface area contributed by atoms with Gasteiger partial charge in [-0.2, -0.15) is 0 Å². The molecule has 27 heavy (non-hydrogen) atoms. The molecule has 0 saturated heterocycles. The van der Waals surface area contributed by atoms with E-state index in [1.807, 2.05) is 46.7 Å². The fourth-order valence-corrected chi connectivity index (χ4v) is 3.87.